The van der Waals surface area contributed by atoms with Gasteiger partial charge in [-0.1, -0.05) is 69.6 Å². The summed E-state index contributed by atoms with van der Waals surface area (Å²) in [6.07, 6.45) is 0. The van der Waals surface area contributed by atoms with Gasteiger partial charge in [0.1, 0.15) is 0 Å². The van der Waals surface area contributed by atoms with E-state index in [1.807, 2.05) is 0 Å². The summed E-state index contributed by atoms with van der Waals surface area (Å²) in [5.74, 6) is 0. The van der Waals surface area contributed by atoms with Gasteiger partial charge in [-0.3, -0.25) is 0 Å². The fraction of sp³-hybridized carbons (Fsp3) is 0. The Labute approximate surface area is 142 Å². The summed E-state index contributed by atoms with van der Waals surface area (Å²) >= 11 is 38.3. The highest BCUT2D eigenvalue weighted by molar-refractivity contribution is 7.27. The molecule has 3 aromatic rings. The minimum atomic E-state index is 0.233. The molecule has 1 aromatic heterocycles. The van der Waals surface area contributed by atoms with Crippen molar-refractivity contribution in [1.29, 1.82) is 0 Å². The summed E-state index contributed by atoms with van der Waals surface area (Å²) in [5, 5.41) is 3.83. The zero-order chi connectivity index (χ0) is 13.9. The molecule has 2 aromatic carbocycles. The Kier molecular flexibility index (Phi) is 3.77. The summed E-state index contributed by atoms with van der Waals surface area (Å²) < 4.78 is 1.60. The average molecular weight is 391 g/mol. The molecule has 0 radical (unpaired) electrons. The second-order valence-corrected chi connectivity index (χ2v) is 7.20. The maximum absolute atomic E-state index is 6.27. The van der Waals surface area contributed by atoms with E-state index in [1.165, 1.54) is 11.3 Å². The fourth-order valence-electron chi connectivity index (χ4n) is 1.90. The minimum absolute atomic E-state index is 0.233. The third-order valence-corrected chi connectivity index (χ3v) is 6.50. The SMILES string of the molecule is Clc1cc(Cl)c2sc3c(Cl)c(Cl)c(Cl)c(Cl)c3c2c1. The molecule has 0 amide bonds. The van der Waals surface area contributed by atoms with Gasteiger partial charge in [-0.15, -0.1) is 11.3 Å². The number of halogens is 6. The van der Waals surface area contributed by atoms with Crippen molar-refractivity contribution in [2.45, 2.75) is 0 Å². The Bertz CT molecular complexity index is 836. The predicted molar refractivity (Wildman–Crippen MR) is 89.4 cm³/mol. The van der Waals surface area contributed by atoms with E-state index in [1.54, 1.807) is 12.1 Å². The minimum Gasteiger partial charge on any atom is -0.132 e. The molecule has 19 heavy (non-hydrogen) atoms. The fourth-order valence-corrected chi connectivity index (χ4v) is 4.83. The molecule has 0 aliphatic heterocycles. The summed E-state index contributed by atoms with van der Waals surface area (Å²) in [7, 11) is 0. The van der Waals surface area contributed by atoms with Crippen molar-refractivity contribution >= 4 is 101 Å². The topological polar surface area (TPSA) is 0 Å². The molecule has 3 rings (SSSR count). The van der Waals surface area contributed by atoms with E-state index in [4.69, 9.17) is 69.6 Å². The average Bonchev–Trinajstić information content (AvgIpc) is 2.73. The maximum Gasteiger partial charge on any atom is 0.0808 e. The molecule has 0 spiro atoms. The Balaban J connectivity index is 2.67. The maximum atomic E-state index is 6.27. The first-order valence-electron chi connectivity index (χ1n) is 4.95. The lowest BCUT2D eigenvalue weighted by molar-refractivity contribution is 1.82. The van der Waals surface area contributed by atoms with E-state index in [0.717, 1.165) is 20.2 Å². The first-order valence-corrected chi connectivity index (χ1v) is 8.03. The van der Waals surface area contributed by atoms with Crippen LogP contribution in [0.4, 0.5) is 0 Å². The monoisotopic (exact) mass is 388 g/mol. The summed E-state index contributed by atoms with van der Waals surface area (Å²) in [6.45, 7) is 0. The Morgan fingerprint density at radius 2 is 1.32 bits per heavy atom. The second-order valence-electron chi connectivity index (χ2n) is 3.83. The summed E-state index contributed by atoms with van der Waals surface area (Å²) in [4.78, 5) is 0. The van der Waals surface area contributed by atoms with E-state index in [-0.39, 0.29) is 10.0 Å². The molecule has 0 atom stereocenters. The lowest BCUT2D eigenvalue weighted by Gasteiger charge is -2.04. The first kappa shape index (κ1) is 14.3. The van der Waals surface area contributed by atoms with Crippen molar-refractivity contribution in [1.82, 2.24) is 0 Å². The van der Waals surface area contributed by atoms with Crippen LogP contribution in [0.25, 0.3) is 20.2 Å². The van der Waals surface area contributed by atoms with Crippen molar-refractivity contribution in [2.75, 3.05) is 0 Å². The van der Waals surface area contributed by atoms with E-state index in [9.17, 15) is 0 Å². The van der Waals surface area contributed by atoms with Crippen LogP contribution in [0, 0.1) is 0 Å². The zero-order valence-corrected chi connectivity index (χ0v) is 14.2. The number of benzene rings is 2. The van der Waals surface area contributed by atoms with Gasteiger partial charge in [-0.05, 0) is 12.1 Å². The third-order valence-electron chi connectivity index (χ3n) is 2.71. The van der Waals surface area contributed by atoms with Gasteiger partial charge in [0.05, 0.1) is 34.5 Å². The first-order chi connectivity index (χ1) is 8.91. The number of hydrogen-bond donors (Lipinski definition) is 0. The van der Waals surface area contributed by atoms with E-state index in [2.05, 4.69) is 0 Å². The molecule has 0 fully saturated rings. The summed E-state index contributed by atoms with van der Waals surface area (Å²) in [6, 6.07) is 3.46. The molecule has 98 valence electrons. The van der Waals surface area contributed by atoms with Crippen LogP contribution in [0.5, 0.6) is 0 Å². The molecule has 0 aliphatic carbocycles. The Morgan fingerprint density at radius 1 is 0.684 bits per heavy atom. The number of hydrogen-bond acceptors (Lipinski definition) is 1. The van der Waals surface area contributed by atoms with Crippen LogP contribution in [0.15, 0.2) is 12.1 Å². The second kappa shape index (κ2) is 4.99. The van der Waals surface area contributed by atoms with Gasteiger partial charge in [-0.2, -0.15) is 0 Å². The standard InChI is InChI=1S/C12H2Cl6S/c13-3-1-4-6-7(15)8(16)9(17)10(18)12(6)19-11(4)5(14)2-3/h1-2H. The predicted octanol–water partition coefficient (Wildman–Crippen LogP) is 7.97. The van der Waals surface area contributed by atoms with Gasteiger partial charge >= 0.3 is 0 Å². The van der Waals surface area contributed by atoms with Crippen molar-refractivity contribution in [2.24, 2.45) is 0 Å². The molecule has 0 unspecified atom stereocenters. The zero-order valence-electron chi connectivity index (χ0n) is 8.83. The van der Waals surface area contributed by atoms with Crippen LogP contribution >= 0.6 is 80.9 Å². The number of rotatable bonds is 0. The highest BCUT2D eigenvalue weighted by Gasteiger charge is 2.20. The number of fused-ring (bicyclic) bond motifs is 3. The highest BCUT2D eigenvalue weighted by atomic mass is 35.5. The normalized spacial score (nSPS) is 11.7. The van der Waals surface area contributed by atoms with Crippen molar-refractivity contribution in [3.63, 3.8) is 0 Å². The van der Waals surface area contributed by atoms with Crippen LogP contribution in [0.1, 0.15) is 0 Å². The Morgan fingerprint density at radius 3 is 2.00 bits per heavy atom. The molecular formula is C12H2Cl6S. The van der Waals surface area contributed by atoms with Gasteiger partial charge in [-0.25, -0.2) is 0 Å². The van der Waals surface area contributed by atoms with Crippen molar-refractivity contribution < 1.29 is 0 Å². The molecular weight excluding hydrogens is 389 g/mol. The molecule has 0 saturated carbocycles. The van der Waals surface area contributed by atoms with Crippen LogP contribution in [-0.4, -0.2) is 0 Å². The van der Waals surface area contributed by atoms with Gasteiger partial charge in [0.15, 0.2) is 0 Å². The lowest BCUT2D eigenvalue weighted by Crippen LogP contribution is -1.77. The molecule has 0 aliphatic rings. The lowest BCUT2D eigenvalue weighted by atomic mass is 10.1. The van der Waals surface area contributed by atoms with Crippen molar-refractivity contribution in [3.05, 3.63) is 42.3 Å². The third kappa shape index (κ3) is 2.11. The van der Waals surface area contributed by atoms with Crippen LogP contribution in [0.2, 0.25) is 30.1 Å². The molecule has 1 heterocycles. The van der Waals surface area contributed by atoms with Crippen molar-refractivity contribution in [3.8, 4) is 0 Å². The summed E-state index contributed by atoms with van der Waals surface area (Å²) in [5.41, 5.74) is 0. The van der Waals surface area contributed by atoms with E-state index >= 15 is 0 Å². The van der Waals surface area contributed by atoms with Gasteiger partial charge in [0, 0.05) is 15.8 Å². The Hall–Kier alpha value is 0.400. The number of thiophene rings is 1. The van der Waals surface area contributed by atoms with Gasteiger partial charge < -0.3 is 0 Å². The highest BCUT2D eigenvalue weighted by Crippen LogP contribution is 2.50. The van der Waals surface area contributed by atoms with Crippen LogP contribution in [0.3, 0.4) is 0 Å². The van der Waals surface area contributed by atoms with Crippen LogP contribution in [-0.2, 0) is 0 Å². The van der Waals surface area contributed by atoms with Gasteiger partial charge in [0.2, 0.25) is 0 Å². The molecule has 0 saturated heterocycles. The molecule has 7 heteroatoms. The van der Waals surface area contributed by atoms with Crippen LogP contribution < -0.4 is 0 Å². The van der Waals surface area contributed by atoms with E-state index < -0.39 is 0 Å². The van der Waals surface area contributed by atoms with Gasteiger partial charge in [0.25, 0.3) is 0 Å². The quantitative estimate of drug-likeness (QED) is 0.269. The largest absolute Gasteiger partial charge is 0.132 e. The molecule has 0 nitrogen and oxygen atoms in total. The van der Waals surface area contributed by atoms with E-state index in [0.29, 0.717) is 20.1 Å². The molecule has 0 bridgehead atoms. The smallest absolute Gasteiger partial charge is 0.0808 e. The molecule has 0 N–H and O–H groups in total.